The Kier molecular flexibility index (Phi) is 6.13. The van der Waals surface area contributed by atoms with Gasteiger partial charge in [0.1, 0.15) is 6.04 Å². The molecule has 3 fully saturated rings. The summed E-state index contributed by atoms with van der Waals surface area (Å²) in [5.74, 6) is 0.413. The summed E-state index contributed by atoms with van der Waals surface area (Å²) in [6.07, 6.45) is 10.9. The fourth-order valence-electron chi connectivity index (χ4n) is 4.92. The van der Waals surface area contributed by atoms with Crippen LogP contribution in [0.4, 0.5) is 0 Å². The predicted molar refractivity (Wildman–Crippen MR) is 92.3 cm³/mol. The van der Waals surface area contributed by atoms with Crippen LogP contribution in [0.25, 0.3) is 0 Å². The fourth-order valence-corrected chi connectivity index (χ4v) is 4.92. The maximum Gasteiger partial charge on any atom is 0.222 e. The van der Waals surface area contributed by atoms with Crippen LogP contribution >= 0.6 is 0 Å². The molecule has 24 heavy (non-hydrogen) atoms. The van der Waals surface area contributed by atoms with E-state index in [0.29, 0.717) is 12.3 Å². The SMILES string of the molecule is N#C[C@@H](NC(=O)CC1(N2CCOCC2)CCCC1)C1CCCCC1. The highest BCUT2D eigenvalue weighted by molar-refractivity contribution is 5.78. The van der Waals surface area contributed by atoms with Crippen LogP contribution < -0.4 is 5.32 Å². The first-order chi connectivity index (χ1) is 11.7. The van der Waals surface area contributed by atoms with Gasteiger partial charge in [0.25, 0.3) is 0 Å². The van der Waals surface area contributed by atoms with Crippen molar-refractivity contribution in [2.24, 2.45) is 5.92 Å². The largest absolute Gasteiger partial charge is 0.379 e. The zero-order valence-electron chi connectivity index (χ0n) is 14.8. The van der Waals surface area contributed by atoms with Crippen LogP contribution in [0.15, 0.2) is 0 Å². The molecule has 1 aliphatic heterocycles. The standard InChI is InChI=1S/C19H31N3O2/c20-15-17(16-6-2-1-3-7-16)21-18(23)14-19(8-4-5-9-19)22-10-12-24-13-11-22/h16-17H,1-14H2,(H,21,23)/t17-/m1/s1. The second-order valence-electron chi connectivity index (χ2n) is 7.78. The van der Waals surface area contributed by atoms with Crippen molar-refractivity contribution >= 4 is 5.91 Å². The number of rotatable bonds is 5. The van der Waals surface area contributed by atoms with Gasteiger partial charge in [-0.1, -0.05) is 32.1 Å². The van der Waals surface area contributed by atoms with E-state index in [1.165, 1.54) is 32.1 Å². The zero-order chi connectivity index (χ0) is 16.8. The Balaban J connectivity index is 1.59. The average Bonchev–Trinajstić information content (AvgIpc) is 3.11. The Labute approximate surface area is 145 Å². The highest BCUT2D eigenvalue weighted by atomic mass is 16.5. The summed E-state index contributed by atoms with van der Waals surface area (Å²) in [5, 5.41) is 12.6. The van der Waals surface area contributed by atoms with Gasteiger partial charge in [0.15, 0.2) is 0 Å². The number of nitrogens with zero attached hydrogens (tertiary/aromatic N) is 2. The van der Waals surface area contributed by atoms with E-state index in [9.17, 15) is 10.1 Å². The lowest BCUT2D eigenvalue weighted by Gasteiger charge is -2.43. The van der Waals surface area contributed by atoms with Gasteiger partial charge in [-0.15, -0.1) is 0 Å². The molecule has 0 unspecified atom stereocenters. The van der Waals surface area contributed by atoms with Crippen LogP contribution in [0.3, 0.4) is 0 Å². The van der Waals surface area contributed by atoms with Gasteiger partial charge in [0.2, 0.25) is 5.91 Å². The van der Waals surface area contributed by atoms with Crippen molar-refractivity contribution in [2.75, 3.05) is 26.3 Å². The van der Waals surface area contributed by atoms with Gasteiger partial charge in [-0.25, -0.2) is 0 Å². The second kappa shape index (κ2) is 8.31. The Morgan fingerprint density at radius 2 is 1.83 bits per heavy atom. The molecule has 0 aromatic rings. The van der Waals surface area contributed by atoms with E-state index in [1.54, 1.807) is 0 Å². The van der Waals surface area contributed by atoms with Crippen LogP contribution in [0.5, 0.6) is 0 Å². The molecule has 3 aliphatic rings. The molecule has 5 heteroatoms. The summed E-state index contributed by atoms with van der Waals surface area (Å²) < 4.78 is 5.49. The van der Waals surface area contributed by atoms with Gasteiger partial charge in [0.05, 0.1) is 19.3 Å². The van der Waals surface area contributed by atoms with Crippen molar-refractivity contribution in [1.82, 2.24) is 10.2 Å². The summed E-state index contributed by atoms with van der Waals surface area (Å²) in [7, 11) is 0. The topological polar surface area (TPSA) is 65.4 Å². The molecule has 3 rings (SSSR count). The van der Waals surface area contributed by atoms with E-state index >= 15 is 0 Å². The predicted octanol–water partition coefficient (Wildman–Crippen LogP) is 2.61. The lowest BCUT2D eigenvalue weighted by molar-refractivity contribution is -0.126. The third-order valence-electron chi connectivity index (χ3n) is 6.28. The number of nitrogens with one attached hydrogen (secondary N) is 1. The summed E-state index contributed by atoms with van der Waals surface area (Å²) in [5.41, 5.74) is 0.000430. The third-order valence-corrected chi connectivity index (χ3v) is 6.28. The molecule has 0 radical (unpaired) electrons. The van der Waals surface area contributed by atoms with Crippen molar-refractivity contribution in [3.05, 3.63) is 0 Å². The summed E-state index contributed by atoms with van der Waals surface area (Å²) in [6.45, 7) is 3.40. The van der Waals surface area contributed by atoms with Crippen molar-refractivity contribution in [3.63, 3.8) is 0 Å². The number of nitriles is 1. The van der Waals surface area contributed by atoms with Crippen LogP contribution in [-0.2, 0) is 9.53 Å². The van der Waals surface area contributed by atoms with Crippen molar-refractivity contribution in [3.8, 4) is 6.07 Å². The van der Waals surface area contributed by atoms with Crippen molar-refractivity contribution in [2.45, 2.75) is 75.8 Å². The minimum atomic E-state index is -0.305. The first-order valence-electron chi connectivity index (χ1n) is 9.75. The quantitative estimate of drug-likeness (QED) is 0.840. The molecule has 0 aromatic heterocycles. The van der Waals surface area contributed by atoms with Crippen molar-refractivity contribution < 1.29 is 9.53 Å². The fraction of sp³-hybridized carbons (Fsp3) is 0.895. The van der Waals surface area contributed by atoms with Gasteiger partial charge in [-0.2, -0.15) is 5.26 Å². The van der Waals surface area contributed by atoms with Gasteiger partial charge in [-0.3, -0.25) is 9.69 Å². The van der Waals surface area contributed by atoms with Crippen LogP contribution in [0, 0.1) is 17.2 Å². The minimum absolute atomic E-state index is 0.000430. The Bertz CT molecular complexity index is 456. The Morgan fingerprint density at radius 3 is 2.46 bits per heavy atom. The molecule has 5 nitrogen and oxygen atoms in total. The van der Waals surface area contributed by atoms with Crippen LogP contribution in [0.1, 0.15) is 64.2 Å². The molecule has 1 amide bonds. The molecule has 0 bridgehead atoms. The molecular weight excluding hydrogens is 302 g/mol. The molecule has 1 N–H and O–H groups in total. The highest BCUT2D eigenvalue weighted by Gasteiger charge is 2.42. The van der Waals surface area contributed by atoms with E-state index in [-0.39, 0.29) is 17.5 Å². The maximum absolute atomic E-state index is 12.7. The molecule has 2 aliphatic carbocycles. The molecular formula is C19H31N3O2. The van der Waals surface area contributed by atoms with E-state index in [2.05, 4.69) is 16.3 Å². The first-order valence-corrected chi connectivity index (χ1v) is 9.75. The normalized spacial score (nSPS) is 26.6. The maximum atomic E-state index is 12.7. The Hall–Kier alpha value is -1.12. The summed E-state index contributed by atoms with van der Waals surface area (Å²) in [6, 6.07) is 2.05. The van der Waals surface area contributed by atoms with Crippen LogP contribution in [0.2, 0.25) is 0 Å². The van der Waals surface area contributed by atoms with Gasteiger partial charge < -0.3 is 10.1 Å². The van der Waals surface area contributed by atoms with Gasteiger partial charge >= 0.3 is 0 Å². The van der Waals surface area contributed by atoms with Gasteiger partial charge in [0, 0.05) is 25.0 Å². The summed E-state index contributed by atoms with van der Waals surface area (Å²) >= 11 is 0. The highest BCUT2D eigenvalue weighted by Crippen LogP contribution is 2.38. The molecule has 0 aromatic carbocycles. The van der Waals surface area contributed by atoms with E-state index in [4.69, 9.17) is 4.74 Å². The second-order valence-corrected chi connectivity index (χ2v) is 7.78. The van der Waals surface area contributed by atoms with Crippen LogP contribution in [-0.4, -0.2) is 48.7 Å². The minimum Gasteiger partial charge on any atom is -0.379 e. The third kappa shape index (κ3) is 4.10. The Morgan fingerprint density at radius 1 is 1.17 bits per heavy atom. The lowest BCUT2D eigenvalue weighted by Crippen LogP contribution is -2.54. The van der Waals surface area contributed by atoms with E-state index in [1.807, 2.05) is 0 Å². The summed E-state index contributed by atoms with van der Waals surface area (Å²) in [4.78, 5) is 15.2. The number of amides is 1. The number of hydrogen-bond acceptors (Lipinski definition) is 4. The molecule has 0 spiro atoms. The molecule has 1 heterocycles. The first kappa shape index (κ1) is 17.7. The molecule has 1 atom stereocenters. The zero-order valence-corrected chi connectivity index (χ0v) is 14.8. The lowest BCUT2D eigenvalue weighted by atomic mass is 9.84. The molecule has 1 saturated heterocycles. The van der Waals surface area contributed by atoms with Gasteiger partial charge in [-0.05, 0) is 31.6 Å². The monoisotopic (exact) mass is 333 g/mol. The van der Waals surface area contributed by atoms with E-state index in [0.717, 1.165) is 52.0 Å². The number of morpholine rings is 1. The average molecular weight is 333 g/mol. The number of carbonyl (C=O) groups excluding carboxylic acids is 1. The smallest absolute Gasteiger partial charge is 0.222 e. The van der Waals surface area contributed by atoms with E-state index < -0.39 is 0 Å². The number of ether oxygens (including phenoxy) is 1. The molecule has 2 saturated carbocycles. The molecule has 134 valence electrons. The van der Waals surface area contributed by atoms with Crippen molar-refractivity contribution in [1.29, 1.82) is 5.26 Å². The number of hydrogen-bond donors (Lipinski definition) is 1. The number of carbonyl (C=O) groups is 1.